The SMILES string of the molecule is C.N#Cc1ccc(C=O)cc1F. The maximum absolute atomic E-state index is 12.7. The van der Waals surface area contributed by atoms with E-state index >= 15 is 0 Å². The van der Waals surface area contributed by atoms with Gasteiger partial charge in [-0.1, -0.05) is 13.5 Å². The highest BCUT2D eigenvalue weighted by Crippen LogP contribution is 2.07. The van der Waals surface area contributed by atoms with Crippen LogP contribution in [0.3, 0.4) is 0 Å². The molecule has 0 aromatic heterocycles. The smallest absolute Gasteiger partial charge is 0.150 e. The molecule has 3 heteroatoms. The van der Waals surface area contributed by atoms with Crippen molar-refractivity contribution in [2.45, 2.75) is 7.43 Å². The number of aldehydes is 1. The Morgan fingerprint density at radius 1 is 1.50 bits per heavy atom. The third-order valence-corrected chi connectivity index (χ3v) is 1.25. The summed E-state index contributed by atoms with van der Waals surface area (Å²) in [5.74, 6) is -0.655. The molecule has 0 fully saturated rings. The summed E-state index contributed by atoms with van der Waals surface area (Å²) in [5, 5.41) is 8.30. The van der Waals surface area contributed by atoms with E-state index in [0.29, 0.717) is 6.29 Å². The summed E-state index contributed by atoms with van der Waals surface area (Å²) in [6.45, 7) is 0. The maximum Gasteiger partial charge on any atom is 0.150 e. The molecule has 12 heavy (non-hydrogen) atoms. The Morgan fingerprint density at radius 3 is 2.58 bits per heavy atom. The molecule has 0 saturated heterocycles. The van der Waals surface area contributed by atoms with Gasteiger partial charge in [0.1, 0.15) is 18.2 Å². The minimum Gasteiger partial charge on any atom is -0.298 e. The number of hydrogen-bond acceptors (Lipinski definition) is 2. The van der Waals surface area contributed by atoms with Crippen molar-refractivity contribution in [2.24, 2.45) is 0 Å². The van der Waals surface area contributed by atoms with Gasteiger partial charge in [0.15, 0.2) is 0 Å². The third kappa shape index (κ3) is 1.89. The second-order valence-corrected chi connectivity index (χ2v) is 1.97. The van der Waals surface area contributed by atoms with Crippen molar-refractivity contribution in [2.75, 3.05) is 0 Å². The second-order valence-electron chi connectivity index (χ2n) is 1.97. The molecule has 0 saturated carbocycles. The number of carbonyl (C=O) groups is 1. The van der Waals surface area contributed by atoms with Crippen LogP contribution >= 0.6 is 0 Å². The highest BCUT2D eigenvalue weighted by atomic mass is 19.1. The summed E-state index contributed by atoms with van der Waals surface area (Å²) in [6.07, 6.45) is 0.532. The van der Waals surface area contributed by atoms with Gasteiger partial charge in [0.2, 0.25) is 0 Å². The molecule has 1 rings (SSSR count). The first kappa shape index (κ1) is 10.3. The van der Waals surface area contributed by atoms with Crippen LogP contribution in [0.15, 0.2) is 18.2 Å². The first-order valence-corrected chi connectivity index (χ1v) is 2.93. The van der Waals surface area contributed by atoms with E-state index in [9.17, 15) is 9.18 Å². The van der Waals surface area contributed by atoms with Crippen molar-refractivity contribution >= 4 is 6.29 Å². The van der Waals surface area contributed by atoms with Crippen molar-refractivity contribution in [1.29, 1.82) is 5.26 Å². The van der Waals surface area contributed by atoms with Gasteiger partial charge in [0, 0.05) is 5.56 Å². The molecule has 1 aromatic rings. The molecule has 0 aliphatic heterocycles. The van der Waals surface area contributed by atoms with Gasteiger partial charge < -0.3 is 0 Å². The molecular weight excluding hydrogens is 157 g/mol. The molecule has 0 atom stereocenters. The molecule has 2 nitrogen and oxygen atoms in total. The molecule has 1 aromatic carbocycles. The summed E-state index contributed by atoms with van der Waals surface area (Å²) in [6, 6.07) is 5.36. The van der Waals surface area contributed by atoms with Gasteiger partial charge in [-0.05, 0) is 12.1 Å². The van der Waals surface area contributed by atoms with Gasteiger partial charge in [-0.2, -0.15) is 5.26 Å². The molecule has 0 radical (unpaired) electrons. The van der Waals surface area contributed by atoms with Gasteiger partial charge in [0.05, 0.1) is 5.56 Å². The number of rotatable bonds is 1. The zero-order chi connectivity index (χ0) is 8.27. The molecule has 0 aliphatic rings. The molecule has 0 spiro atoms. The van der Waals surface area contributed by atoms with Crippen LogP contribution < -0.4 is 0 Å². The van der Waals surface area contributed by atoms with Crippen LogP contribution in [0.2, 0.25) is 0 Å². The Bertz CT molecular complexity index is 328. The Kier molecular flexibility index (Phi) is 3.65. The molecule has 0 N–H and O–H groups in total. The minimum atomic E-state index is -0.655. The van der Waals surface area contributed by atoms with E-state index in [1.165, 1.54) is 12.1 Å². The van der Waals surface area contributed by atoms with E-state index in [1.54, 1.807) is 6.07 Å². The Morgan fingerprint density at radius 2 is 2.17 bits per heavy atom. The van der Waals surface area contributed by atoms with E-state index in [-0.39, 0.29) is 18.6 Å². The number of halogens is 1. The number of nitriles is 1. The lowest BCUT2D eigenvalue weighted by Crippen LogP contribution is -1.86. The standard InChI is InChI=1S/C8H4FNO.CH4/c9-8-3-6(5-11)1-2-7(8)4-10;/h1-3,5H;1H4. The first-order valence-electron chi connectivity index (χ1n) is 2.93. The monoisotopic (exact) mass is 165 g/mol. The Balaban J connectivity index is 0.00000121. The van der Waals surface area contributed by atoms with Crippen LogP contribution in [0.5, 0.6) is 0 Å². The van der Waals surface area contributed by atoms with Crippen molar-refractivity contribution < 1.29 is 9.18 Å². The fourth-order valence-electron chi connectivity index (χ4n) is 0.695. The van der Waals surface area contributed by atoms with Gasteiger partial charge in [0.25, 0.3) is 0 Å². The molecule has 0 bridgehead atoms. The van der Waals surface area contributed by atoms with Crippen molar-refractivity contribution in [3.8, 4) is 6.07 Å². The highest BCUT2D eigenvalue weighted by Gasteiger charge is 2.00. The fraction of sp³-hybridized carbons (Fsp3) is 0.111. The average Bonchev–Trinajstić information content (AvgIpc) is 2.04. The predicted molar refractivity (Wildman–Crippen MR) is 43.2 cm³/mol. The number of benzene rings is 1. The highest BCUT2D eigenvalue weighted by molar-refractivity contribution is 5.74. The summed E-state index contributed by atoms with van der Waals surface area (Å²) in [7, 11) is 0. The molecule has 0 unspecified atom stereocenters. The molecule has 62 valence electrons. The average molecular weight is 165 g/mol. The molecule has 0 amide bonds. The summed E-state index contributed by atoms with van der Waals surface area (Å²) >= 11 is 0. The lowest BCUT2D eigenvalue weighted by Gasteiger charge is -1.92. The normalized spacial score (nSPS) is 8.00. The van der Waals surface area contributed by atoms with Gasteiger partial charge >= 0.3 is 0 Å². The lowest BCUT2D eigenvalue weighted by atomic mass is 10.1. The summed E-state index contributed by atoms with van der Waals surface area (Å²) in [5.41, 5.74) is 0.192. The van der Waals surface area contributed by atoms with Crippen LogP contribution in [0.1, 0.15) is 23.3 Å². The van der Waals surface area contributed by atoms with E-state index in [4.69, 9.17) is 5.26 Å². The summed E-state index contributed by atoms with van der Waals surface area (Å²) in [4.78, 5) is 10.1. The van der Waals surface area contributed by atoms with Crippen molar-refractivity contribution in [1.82, 2.24) is 0 Å². The zero-order valence-corrected chi connectivity index (χ0v) is 5.54. The van der Waals surface area contributed by atoms with Crippen molar-refractivity contribution in [3.63, 3.8) is 0 Å². The van der Waals surface area contributed by atoms with Gasteiger partial charge in [-0.3, -0.25) is 4.79 Å². The fourth-order valence-corrected chi connectivity index (χ4v) is 0.695. The molecular formula is C9H8FNO. The predicted octanol–water partition coefficient (Wildman–Crippen LogP) is 2.15. The van der Waals surface area contributed by atoms with Gasteiger partial charge in [-0.25, -0.2) is 4.39 Å². The van der Waals surface area contributed by atoms with Crippen LogP contribution in [0.4, 0.5) is 4.39 Å². The number of nitrogens with zero attached hydrogens (tertiary/aromatic N) is 1. The van der Waals surface area contributed by atoms with Crippen LogP contribution in [0.25, 0.3) is 0 Å². The second kappa shape index (κ2) is 4.24. The third-order valence-electron chi connectivity index (χ3n) is 1.25. The van der Waals surface area contributed by atoms with Crippen LogP contribution in [0, 0.1) is 17.1 Å². The van der Waals surface area contributed by atoms with E-state index < -0.39 is 5.82 Å². The topological polar surface area (TPSA) is 40.9 Å². The van der Waals surface area contributed by atoms with Crippen molar-refractivity contribution in [3.05, 3.63) is 35.1 Å². The van der Waals surface area contributed by atoms with Crippen LogP contribution in [-0.2, 0) is 0 Å². The largest absolute Gasteiger partial charge is 0.298 e. The lowest BCUT2D eigenvalue weighted by molar-refractivity contribution is 0.112. The van der Waals surface area contributed by atoms with E-state index in [1.807, 2.05) is 0 Å². The first-order chi connectivity index (χ1) is 5.27. The van der Waals surface area contributed by atoms with Crippen LogP contribution in [-0.4, -0.2) is 6.29 Å². The quantitative estimate of drug-likeness (QED) is 0.598. The maximum atomic E-state index is 12.7. The Hall–Kier alpha value is -1.69. The zero-order valence-electron chi connectivity index (χ0n) is 5.54. The Labute approximate surface area is 70.3 Å². The molecule has 0 aliphatic carbocycles. The summed E-state index contributed by atoms with van der Waals surface area (Å²) < 4.78 is 12.7. The van der Waals surface area contributed by atoms with E-state index in [2.05, 4.69) is 0 Å². The van der Waals surface area contributed by atoms with E-state index in [0.717, 1.165) is 6.07 Å². The molecule has 0 heterocycles. The van der Waals surface area contributed by atoms with Gasteiger partial charge in [-0.15, -0.1) is 0 Å². The minimum absolute atomic E-state index is 0. The number of hydrogen-bond donors (Lipinski definition) is 0. The number of carbonyl (C=O) groups excluding carboxylic acids is 1.